The molecule has 6 nitrogen and oxygen atoms in total. The second-order valence-electron chi connectivity index (χ2n) is 3.65. The first-order chi connectivity index (χ1) is 8.36. The number of amides is 1. The zero-order valence-electron chi connectivity index (χ0n) is 9.44. The second-order valence-corrected chi connectivity index (χ2v) is 3.65. The number of nitrogens with zero attached hydrogens (tertiary/aromatic N) is 1. The summed E-state index contributed by atoms with van der Waals surface area (Å²) in [7, 11) is 0. The second kappa shape index (κ2) is 5.50. The molecule has 1 atom stereocenters. The molecule has 0 heterocycles. The molecule has 0 aliphatic heterocycles. The predicted octanol–water partition coefficient (Wildman–Crippen LogP) is 0.950. The van der Waals surface area contributed by atoms with Crippen molar-refractivity contribution < 1.29 is 18.5 Å². The van der Waals surface area contributed by atoms with Crippen LogP contribution in [-0.2, 0) is 0 Å². The number of carbonyl (C=O) groups is 1. The number of hydrogen-bond donors (Lipinski definition) is 2. The van der Waals surface area contributed by atoms with Gasteiger partial charge in [-0.1, -0.05) is 0 Å². The van der Waals surface area contributed by atoms with Gasteiger partial charge >= 0.3 is 0 Å². The van der Waals surface area contributed by atoms with Crippen LogP contribution in [0.25, 0.3) is 0 Å². The van der Waals surface area contributed by atoms with E-state index in [0.717, 1.165) is 0 Å². The number of nitro benzene ring substituents is 1. The molecule has 0 bridgehead atoms. The standard InChI is InChI=1S/C10H11F2N3O3/c1-5(4-13)14-10(16)6-2-7(11)8(12)3-9(6)15(17)18/h2-3,5H,4,13H2,1H3,(H,14,16)/t5-/m1/s1. The van der Waals surface area contributed by atoms with E-state index in [1.165, 1.54) is 0 Å². The Morgan fingerprint density at radius 1 is 1.50 bits per heavy atom. The highest BCUT2D eigenvalue weighted by Gasteiger charge is 2.24. The van der Waals surface area contributed by atoms with Gasteiger partial charge in [0, 0.05) is 12.6 Å². The van der Waals surface area contributed by atoms with E-state index < -0.39 is 39.8 Å². The van der Waals surface area contributed by atoms with Crippen LogP contribution in [0, 0.1) is 21.7 Å². The van der Waals surface area contributed by atoms with Crippen molar-refractivity contribution in [2.45, 2.75) is 13.0 Å². The summed E-state index contributed by atoms with van der Waals surface area (Å²) in [5.41, 5.74) is 3.93. The molecule has 1 rings (SSSR count). The van der Waals surface area contributed by atoms with Crippen LogP contribution >= 0.6 is 0 Å². The number of benzene rings is 1. The molecule has 1 aromatic rings. The van der Waals surface area contributed by atoms with Crippen molar-refractivity contribution in [1.82, 2.24) is 5.32 Å². The Labute approximate surface area is 101 Å². The summed E-state index contributed by atoms with van der Waals surface area (Å²) in [5, 5.41) is 13.0. The van der Waals surface area contributed by atoms with Crippen LogP contribution in [0.2, 0.25) is 0 Å². The highest BCUT2D eigenvalue weighted by Crippen LogP contribution is 2.22. The first-order valence-corrected chi connectivity index (χ1v) is 5.01. The Morgan fingerprint density at radius 2 is 2.06 bits per heavy atom. The molecular formula is C10H11F2N3O3. The SMILES string of the molecule is C[C@H](CN)NC(=O)c1cc(F)c(F)cc1[N+](=O)[O-]. The zero-order chi connectivity index (χ0) is 13.9. The zero-order valence-corrected chi connectivity index (χ0v) is 9.44. The molecule has 18 heavy (non-hydrogen) atoms. The maximum atomic E-state index is 13.0. The molecule has 1 amide bonds. The molecule has 98 valence electrons. The third kappa shape index (κ3) is 2.98. The van der Waals surface area contributed by atoms with Gasteiger partial charge in [-0.25, -0.2) is 8.78 Å². The van der Waals surface area contributed by atoms with E-state index in [-0.39, 0.29) is 6.54 Å². The lowest BCUT2D eigenvalue weighted by Crippen LogP contribution is -2.38. The summed E-state index contributed by atoms with van der Waals surface area (Å²) in [4.78, 5) is 21.3. The molecule has 0 aliphatic carbocycles. The first-order valence-electron chi connectivity index (χ1n) is 5.01. The minimum absolute atomic E-state index is 0.114. The summed E-state index contributed by atoms with van der Waals surface area (Å²) >= 11 is 0. The highest BCUT2D eigenvalue weighted by atomic mass is 19.2. The number of rotatable bonds is 4. The fourth-order valence-corrected chi connectivity index (χ4v) is 1.23. The van der Waals surface area contributed by atoms with Crippen molar-refractivity contribution in [3.8, 4) is 0 Å². The summed E-state index contributed by atoms with van der Waals surface area (Å²) in [6.45, 7) is 1.69. The van der Waals surface area contributed by atoms with Gasteiger partial charge in [-0.15, -0.1) is 0 Å². The third-order valence-corrected chi connectivity index (χ3v) is 2.21. The van der Waals surface area contributed by atoms with Crippen LogP contribution in [0.5, 0.6) is 0 Å². The van der Waals surface area contributed by atoms with Gasteiger partial charge in [-0.05, 0) is 13.0 Å². The van der Waals surface area contributed by atoms with E-state index in [2.05, 4.69) is 5.32 Å². The number of hydrogen-bond acceptors (Lipinski definition) is 4. The van der Waals surface area contributed by atoms with Gasteiger partial charge in [0.05, 0.1) is 11.0 Å². The Balaban J connectivity index is 3.18. The molecule has 0 radical (unpaired) electrons. The maximum absolute atomic E-state index is 13.0. The largest absolute Gasteiger partial charge is 0.348 e. The molecule has 0 aliphatic rings. The summed E-state index contributed by atoms with van der Waals surface area (Å²) in [5.74, 6) is -3.59. The number of nitrogens with one attached hydrogen (secondary N) is 1. The van der Waals surface area contributed by atoms with E-state index in [1.807, 2.05) is 0 Å². The lowest BCUT2D eigenvalue weighted by atomic mass is 10.1. The first kappa shape index (κ1) is 14.0. The monoisotopic (exact) mass is 259 g/mol. The van der Waals surface area contributed by atoms with Crippen molar-refractivity contribution in [1.29, 1.82) is 0 Å². The molecule has 0 spiro atoms. The number of halogens is 2. The maximum Gasteiger partial charge on any atom is 0.285 e. The number of nitro groups is 1. The third-order valence-electron chi connectivity index (χ3n) is 2.21. The van der Waals surface area contributed by atoms with Crippen molar-refractivity contribution in [3.05, 3.63) is 39.4 Å². The Morgan fingerprint density at radius 3 is 2.56 bits per heavy atom. The fourth-order valence-electron chi connectivity index (χ4n) is 1.23. The van der Waals surface area contributed by atoms with Crippen molar-refractivity contribution in [2.75, 3.05) is 6.54 Å². The summed E-state index contributed by atoms with van der Waals surface area (Å²) in [6, 6.07) is 0.425. The number of carbonyl (C=O) groups excluding carboxylic acids is 1. The van der Waals surface area contributed by atoms with Crippen LogP contribution < -0.4 is 11.1 Å². The smallest absolute Gasteiger partial charge is 0.285 e. The van der Waals surface area contributed by atoms with E-state index in [9.17, 15) is 23.7 Å². The van der Waals surface area contributed by atoms with E-state index in [0.29, 0.717) is 12.1 Å². The van der Waals surface area contributed by atoms with E-state index >= 15 is 0 Å². The highest BCUT2D eigenvalue weighted by molar-refractivity contribution is 5.98. The van der Waals surface area contributed by atoms with Gasteiger partial charge in [0.1, 0.15) is 5.56 Å². The minimum Gasteiger partial charge on any atom is -0.348 e. The molecule has 0 fully saturated rings. The molecule has 3 N–H and O–H groups in total. The minimum atomic E-state index is -1.38. The Kier molecular flexibility index (Phi) is 4.27. The van der Waals surface area contributed by atoms with Crippen LogP contribution in [-0.4, -0.2) is 23.4 Å². The van der Waals surface area contributed by atoms with Crippen LogP contribution in [0.3, 0.4) is 0 Å². The molecule has 8 heteroatoms. The molecule has 0 aromatic heterocycles. The van der Waals surface area contributed by atoms with Crippen LogP contribution in [0.1, 0.15) is 17.3 Å². The van der Waals surface area contributed by atoms with Gasteiger partial charge in [0.25, 0.3) is 11.6 Å². The Bertz CT molecular complexity index is 494. The quantitative estimate of drug-likeness (QED) is 0.621. The van der Waals surface area contributed by atoms with Gasteiger partial charge in [-0.2, -0.15) is 0 Å². The normalized spacial score (nSPS) is 12.0. The van der Waals surface area contributed by atoms with E-state index in [1.54, 1.807) is 6.92 Å². The van der Waals surface area contributed by atoms with Crippen molar-refractivity contribution in [3.63, 3.8) is 0 Å². The number of nitrogens with two attached hydrogens (primary N) is 1. The molecule has 1 aromatic carbocycles. The molecule has 0 unspecified atom stereocenters. The summed E-state index contributed by atoms with van der Waals surface area (Å²) in [6.07, 6.45) is 0. The predicted molar refractivity (Wildman–Crippen MR) is 59.0 cm³/mol. The van der Waals surface area contributed by atoms with Crippen molar-refractivity contribution >= 4 is 11.6 Å². The lowest BCUT2D eigenvalue weighted by Gasteiger charge is -2.11. The van der Waals surface area contributed by atoms with Crippen LogP contribution in [0.4, 0.5) is 14.5 Å². The topological polar surface area (TPSA) is 98.3 Å². The average molecular weight is 259 g/mol. The van der Waals surface area contributed by atoms with Gasteiger partial charge in [-0.3, -0.25) is 14.9 Å². The van der Waals surface area contributed by atoms with E-state index in [4.69, 9.17) is 5.73 Å². The summed E-state index contributed by atoms with van der Waals surface area (Å²) < 4.78 is 25.9. The van der Waals surface area contributed by atoms with Crippen molar-refractivity contribution in [2.24, 2.45) is 5.73 Å². The molecular weight excluding hydrogens is 248 g/mol. The van der Waals surface area contributed by atoms with Gasteiger partial charge < -0.3 is 11.1 Å². The molecule has 0 saturated carbocycles. The van der Waals surface area contributed by atoms with Gasteiger partial charge in [0.2, 0.25) is 0 Å². The Hall–Kier alpha value is -2.09. The average Bonchev–Trinajstić information content (AvgIpc) is 2.31. The fraction of sp³-hybridized carbons (Fsp3) is 0.300. The lowest BCUT2D eigenvalue weighted by molar-refractivity contribution is -0.385. The molecule has 0 saturated heterocycles. The van der Waals surface area contributed by atoms with Gasteiger partial charge in [0.15, 0.2) is 11.6 Å². The van der Waals surface area contributed by atoms with Crippen LogP contribution in [0.15, 0.2) is 12.1 Å².